The van der Waals surface area contributed by atoms with Crippen molar-refractivity contribution in [3.63, 3.8) is 0 Å². The number of hydrogen-bond acceptors (Lipinski definition) is 6. The average Bonchev–Trinajstić information content (AvgIpc) is 3.58. The van der Waals surface area contributed by atoms with Crippen molar-refractivity contribution in [3.8, 4) is 5.69 Å². The van der Waals surface area contributed by atoms with Gasteiger partial charge in [-0.25, -0.2) is 0 Å². The van der Waals surface area contributed by atoms with Gasteiger partial charge in [-0.2, -0.15) is 4.68 Å². The first-order valence-electron chi connectivity index (χ1n) is 13.2. The molecule has 3 aromatic carbocycles. The molecule has 2 aromatic heterocycles. The molecule has 0 bridgehead atoms. The summed E-state index contributed by atoms with van der Waals surface area (Å²) in [5, 5.41) is 14.3. The molecule has 38 heavy (non-hydrogen) atoms. The molecule has 7 heteroatoms. The van der Waals surface area contributed by atoms with Crippen LogP contribution in [0.25, 0.3) is 22.7 Å². The predicted molar refractivity (Wildman–Crippen MR) is 150 cm³/mol. The van der Waals surface area contributed by atoms with Crippen LogP contribution in [0, 0.1) is 13.8 Å². The third-order valence-corrected chi connectivity index (χ3v) is 7.35. The first-order valence-corrected chi connectivity index (χ1v) is 13.2. The molecule has 3 heterocycles. The maximum Gasteiger partial charge on any atom is 0.181 e. The topological polar surface area (TPSA) is 63.2 Å². The van der Waals surface area contributed by atoms with Crippen LogP contribution in [-0.4, -0.2) is 62.7 Å². The van der Waals surface area contributed by atoms with Crippen LogP contribution in [0.4, 0.5) is 0 Å². The van der Waals surface area contributed by atoms with Crippen LogP contribution >= 0.6 is 0 Å². The van der Waals surface area contributed by atoms with Gasteiger partial charge in [0.25, 0.3) is 0 Å². The van der Waals surface area contributed by atoms with Gasteiger partial charge in [0.2, 0.25) is 0 Å². The summed E-state index contributed by atoms with van der Waals surface area (Å²) in [6.45, 7) is 8.83. The fourth-order valence-corrected chi connectivity index (χ4v) is 5.38. The molecule has 1 aliphatic heterocycles. The summed E-state index contributed by atoms with van der Waals surface area (Å²) in [6.07, 6.45) is 4.45. The highest BCUT2D eigenvalue weighted by Gasteiger charge is 2.33. The zero-order chi connectivity index (χ0) is 25.9. The number of fused-ring (bicyclic) bond motifs is 1. The number of para-hydroxylation sites is 2. The van der Waals surface area contributed by atoms with E-state index in [1.54, 1.807) is 0 Å². The van der Waals surface area contributed by atoms with Crippen molar-refractivity contribution < 1.29 is 4.42 Å². The molecule has 6 rings (SSSR count). The first kappa shape index (κ1) is 24.3. The van der Waals surface area contributed by atoms with E-state index >= 15 is 0 Å². The summed E-state index contributed by atoms with van der Waals surface area (Å²) in [5.74, 6) is 1.64. The largest absolute Gasteiger partial charge is 0.459 e. The second-order valence-corrected chi connectivity index (χ2v) is 9.93. The van der Waals surface area contributed by atoms with E-state index in [1.807, 2.05) is 28.9 Å². The second kappa shape index (κ2) is 10.7. The second-order valence-electron chi connectivity index (χ2n) is 9.93. The summed E-state index contributed by atoms with van der Waals surface area (Å²) in [5.41, 5.74) is 5.41. The molecule has 0 N–H and O–H groups in total. The molecule has 1 atom stereocenters. The van der Waals surface area contributed by atoms with Crippen LogP contribution in [0.3, 0.4) is 0 Å². The van der Waals surface area contributed by atoms with Gasteiger partial charge in [0.1, 0.15) is 17.4 Å². The van der Waals surface area contributed by atoms with Crippen LogP contribution < -0.4 is 0 Å². The molecular weight excluding hydrogens is 472 g/mol. The molecule has 0 radical (unpaired) electrons. The lowest BCUT2D eigenvalue weighted by molar-refractivity contribution is 0.105. The number of aryl methyl sites for hydroxylation is 2. The van der Waals surface area contributed by atoms with Crippen LogP contribution in [-0.2, 0) is 0 Å². The third kappa shape index (κ3) is 4.90. The maximum atomic E-state index is 6.42. The monoisotopic (exact) mass is 504 g/mol. The lowest BCUT2D eigenvalue weighted by Crippen LogP contribution is -2.48. The van der Waals surface area contributed by atoms with Gasteiger partial charge in [-0.1, -0.05) is 78.9 Å². The van der Waals surface area contributed by atoms with E-state index in [0.717, 1.165) is 72.1 Å². The Balaban J connectivity index is 1.29. The van der Waals surface area contributed by atoms with Crippen molar-refractivity contribution in [2.75, 3.05) is 32.7 Å². The zero-order valence-electron chi connectivity index (χ0n) is 21.9. The van der Waals surface area contributed by atoms with Gasteiger partial charge in [-0.05, 0) is 53.1 Å². The Morgan fingerprint density at radius 1 is 0.868 bits per heavy atom. The predicted octanol–water partition coefficient (Wildman–Crippen LogP) is 5.45. The fourth-order valence-electron chi connectivity index (χ4n) is 5.38. The van der Waals surface area contributed by atoms with Crippen LogP contribution in [0.2, 0.25) is 0 Å². The number of benzene rings is 3. The zero-order valence-corrected chi connectivity index (χ0v) is 21.9. The Labute approximate surface area is 223 Å². The molecule has 1 saturated heterocycles. The van der Waals surface area contributed by atoms with E-state index in [1.165, 1.54) is 5.56 Å². The number of rotatable bonds is 7. The van der Waals surface area contributed by atoms with Crippen LogP contribution in [0.1, 0.15) is 34.3 Å². The Bertz CT molecular complexity index is 1490. The molecule has 0 saturated carbocycles. The molecule has 1 unspecified atom stereocenters. The van der Waals surface area contributed by atoms with Crippen molar-refractivity contribution in [1.29, 1.82) is 0 Å². The lowest BCUT2D eigenvalue weighted by atomic mass is 10.1. The van der Waals surface area contributed by atoms with Gasteiger partial charge in [0.05, 0.1) is 5.69 Å². The van der Waals surface area contributed by atoms with E-state index in [-0.39, 0.29) is 6.04 Å². The fraction of sp³-hybridized carbons (Fsp3) is 0.258. The van der Waals surface area contributed by atoms with Gasteiger partial charge < -0.3 is 4.42 Å². The molecule has 1 fully saturated rings. The highest BCUT2D eigenvalue weighted by molar-refractivity contribution is 5.78. The number of furan rings is 1. The van der Waals surface area contributed by atoms with Gasteiger partial charge in [0, 0.05) is 38.1 Å². The standard InChI is InChI=1S/C31H32N6O/c1-23-10-8-11-24(2)29(23)37-31(32-33-34-37)30(28-22-26-15-6-7-16-27(26)38-28)36-20-18-35(19-21-36)17-9-14-25-12-4-3-5-13-25/h3-16,22,30H,17-21H2,1-2H3/b14-9+. The van der Waals surface area contributed by atoms with Crippen molar-refractivity contribution in [3.05, 3.63) is 113 Å². The van der Waals surface area contributed by atoms with E-state index in [0.29, 0.717) is 0 Å². The van der Waals surface area contributed by atoms with Crippen LogP contribution in [0.5, 0.6) is 0 Å². The third-order valence-electron chi connectivity index (χ3n) is 7.35. The summed E-state index contributed by atoms with van der Waals surface area (Å²) < 4.78 is 8.32. The number of hydrogen-bond donors (Lipinski definition) is 0. The number of piperazine rings is 1. The smallest absolute Gasteiger partial charge is 0.181 e. The number of aromatic nitrogens is 4. The molecule has 0 aliphatic carbocycles. The Morgan fingerprint density at radius 3 is 2.37 bits per heavy atom. The normalized spacial score (nSPS) is 15.9. The number of tetrazole rings is 1. The minimum Gasteiger partial charge on any atom is -0.459 e. The highest BCUT2D eigenvalue weighted by Crippen LogP contribution is 2.34. The average molecular weight is 505 g/mol. The maximum absolute atomic E-state index is 6.42. The van der Waals surface area contributed by atoms with E-state index in [9.17, 15) is 0 Å². The highest BCUT2D eigenvalue weighted by atomic mass is 16.3. The van der Waals surface area contributed by atoms with Crippen molar-refractivity contribution in [2.45, 2.75) is 19.9 Å². The molecule has 7 nitrogen and oxygen atoms in total. The first-order chi connectivity index (χ1) is 18.7. The van der Waals surface area contributed by atoms with Gasteiger partial charge >= 0.3 is 0 Å². The van der Waals surface area contributed by atoms with Gasteiger partial charge in [0.15, 0.2) is 5.82 Å². The molecule has 5 aromatic rings. The molecule has 0 amide bonds. The minimum absolute atomic E-state index is 0.196. The van der Waals surface area contributed by atoms with E-state index in [2.05, 4.69) is 106 Å². The summed E-state index contributed by atoms with van der Waals surface area (Å²) >= 11 is 0. The van der Waals surface area contributed by atoms with Gasteiger partial charge in [-0.3, -0.25) is 9.80 Å². The van der Waals surface area contributed by atoms with Crippen LogP contribution in [0.15, 0.2) is 89.4 Å². The van der Waals surface area contributed by atoms with Gasteiger partial charge in [-0.15, -0.1) is 5.10 Å². The quantitative estimate of drug-likeness (QED) is 0.294. The molecule has 0 spiro atoms. The van der Waals surface area contributed by atoms with E-state index < -0.39 is 0 Å². The summed E-state index contributed by atoms with van der Waals surface area (Å²) in [4.78, 5) is 4.94. The molecule has 1 aliphatic rings. The molecule has 192 valence electrons. The molecular formula is C31H32N6O. The summed E-state index contributed by atoms with van der Waals surface area (Å²) in [6, 6.07) is 26.8. The number of nitrogens with zero attached hydrogens (tertiary/aromatic N) is 6. The Morgan fingerprint density at radius 2 is 1.61 bits per heavy atom. The summed E-state index contributed by atoms with van der Waals surface area (Å²) in [7, 11) is 0. The van der Waals surface area contributed by atoms with E-state index in [4.69, 9.17) is 4.42 Å². The SMILES string of the molecule is Cc1cccc(C)c1-n1nnnc1C(c1cc2ccccc2o1)N1CCN(C/C=C/c2ccccc2)CC1. The minimum atomic E-state index is -0.196. The Kier molecular flexibility index (Phi) is 6.86. The Hall–Kier alpha value is -4.07. The lowest BCUT2D eigenvalue weighted by Gasteiger charge is -2.37. The van der Waals surface area contributed by atoms with Crippen molar-refractivity contribution in [1.82, 2.24) is 30.0 Å². The van der Waals surface area contributed by atoms with Crippen molar-refractivity contribution >= 4 is 17.0 Å². The van der Waals surface area contributed by atoms with Crippen molar-refractivity contribution in [2.24, 2.45) is 0 Å².